The van der Waals surface area contributed by atoms with E-state index in [0.717, 1.165) is 0 Å². The van der Waals surface area contributed by atoms with E-state index in [2.05, 4.69) is 10.6 Å². The van der Waals surface area contributed by atoms with E-state index >= 15 is 0 Å². The van der Waals surface area contributed by atoms with E-state index in [-0.39, 0.29) is 43.7 Å². The summed E-state index contributed by atoms with van der Waals surface area (Å²) in [6.45, 7) is 2.58. The van der Waals surface area contributed by atoms with E-state index < -0.39 is 0 Å². The van der Waals surface area contributed by atoms with Gasteiger partial charge in [-0.2, -0.15) is 0 Å². The van der Waals surface area contributed by atoms with Gasteiger partial charge in [-0.3, -0.25) is 14.4 Å². The van der Waals surface area contributed by atoms with E-state index in [1.807, 2.05) is 5.38 Å². The van der Waals surface area contributed by atoms with Crippen LogP contribution in [0.15, 0.2) is 17.5 Å². The third kappa shape index (κ3) is 6.33. The van der Waals surface area contributed by atoms with E-state index in [4.69, 9.17) is 4.74 Å². The Morgan fingerprint density at radius 3 is 2.60 bits per heavy atom. The van der Waals surface area contributed by atoms with Crippen LogP contribution in [0.5, 0.6) is 0 Å². The molecular formula is C13H18N2O4S. The summed E-state index contributed by atoms with van der Waals surface area (Å²) in [5.74, 6) is -0.723. The van der Waals surface area contributed by atoms with Crippen molar-refractivity contribution in [3.05, 3.63) is 22.4 Å². The number of carbonyl (C=O) groups excluding carboxylic acids is 3. The zero-order valence-corrected chi connectivity index (χ0v) is 12.1. The molecule has 7 heteroatoms. The highest BCUT2D eigenvalue weighted by Gasteiger charge is 2.07. The number of rotatable bonds is 8. The van der Waals surface area contributed by atoms with Gasteiger partial charge in [-0.1, -0.05) is 6.07 Å². The lowest BCUT2D eigenvalue weighted by atomic mass is 10.3. The number of hydrogen-bond donors (Lipinski definition) is 2. The van der Waals surface area contributed by atoms with Crippen molar-refractivity contribution in [2.75, 3.05) is 19.7 Å². The van der Waals surface area contributed by atoms with Gasteiger partial charge in [0.05, 0.1) is 17.9 Å². The molecule has 0 aliphatic carbocycles. The van der Waals surface area contributed by atoms with Crippen LogP contribution in [-0.2, 0) is 14.3 Å². The highest BCUT2D eigenvalue weighted by Crippen LogP contribution is 2.07. The maximum absolute atomic E-state index is 11.6. The standard InChI is InChI=1S/C13H18N2O4S/c1-2-19-12(17)6-8-14-11(16)5-7-15-13(18)10-4-3-9-20-10/h3-4,9H,2,5-8H2,1H3,(H,14,16)(H,15,18). The van der Waals surface area contributed by atoms with Gasteiger partial charge in [0.25, 0.3) is 5.91 Å². The predicted octanol–water partition coefficient (Wildman–Crippen LogP) is 0.937. The summed E-state index contributed by atoms with van der Waals surface area (Å²) < 4.78 is 4.73. The Balaban J connectivity index is 2.08. The zero-order chi connectivity index (χ0) is 14.8. The van der Waals surface area contributed by atoms with Gasteiger partial charge >= 0.3 is 5.97 Å². The van der Waals surface area contributed by atoms with Crippen molar-refractivity contribution in [2.24, 2.45) is 0 Å². The van der Waals surface area contributed by atoms with Crippen LogP contribution in [0.4, 0.5) is 0 Å². The fraction of sp³-hybridized carbons (Fsp3) is 0.462. The highest BCUT2D eigenvalue weighted by molar-refractivity contribution is 7.12. The monoisotopic (exact) mass is 298 g/mol. The second-order valence-corrected chi connectivity index (χ2v) is 4.84. The number of thiophene rings is 1. The van der Waals surface area contributed by atoms with Crippen LogP contribution < -0.4 is 10.6 Å². The molecule has 0 unspecified atom stereocenters. The Kier molecular flexibility index (Phi) is 7.34. The summed E-state index contributed by atoms with van der Waals surface area (Å²) in [6.07, 6.45) is 0.334. The molecular weight excluding hydrogens is 280 g/mol. The van der Waals surface area contributed by atoms with E-state index in [9.17, 15) is 14.4 Å². The van der Waals surface area contributed by atoms with Crippen molar-refractivity contribution in [3.8, 4) is 0 Å². The first-order chi connectivity index (χ1) is 9.63. The lowest BCUT2D eigenvalue weighted by Gasteiger charge is -2.06. The Hall–Kier alpha value is -1.89. The Morgan fingerprint density at radius 1 is 1.20 bits per heavy atom. The average Bonchev–Trinajstić information content (AvgIpc) is 2.93. The molecule has 2 amide bonds. The van der Waals surface area contributed by atoms with Crippen LogP contribution in [0.2, 0.25) is 0 Å². The van der Waals surface area contributed by atoms with Gasteiger partial charge in [0.15, 0.2) is 0 Å². The number of carbonyl (C=O) groups is 3. The summed E-state index contributed by atoms with van der Waals surface area (Å²) in [4.78, 5) is 34.7. The second kappa shape index (κ2) is 9.08. The molecule has 0 atom stereocenters. The summed E-state index contributed by atoms with van der Waals surface area (Å²) in [5, 5.41) is 7.06. The molecule has 1 heterocycles. The minimum absolute atomic E-state index is 0.154. The van der Waals surface area contributed by atoms with Crippen molar-refractivity contribution in [1.29, 1.82) is 0 Å². The first-order valence-corrected chi connectivity index (χ1v) is 7.25. The first kappa shape index (κ1) is 16.2. The van der Waals surface area contributed by atoms with Crippen LogP contribution in [0.25, 0.3) is 0 Å². The fourth-order valence-electron chi connectivity index (χ4n) is 1.41. The number of nitrogens with one attached hydrogen (secondary N) is 2. The zero-order valence-electron chi connectivity index (χ0n) is 11.3. The van der Waals surface area contributed by atoms with Crippen LogP contribution in [-0.4, -0.2) is 37.5 Å². The molecule has 0 radical (unpaired) electrons. The molecule has 20 heavy (non-hydrogen) atoms. The maximum atomic E-state index is 11.6. The van der Waals surface area contributed by atoms with Crippen LogP contribution in [0.1, 0.15) is 29.4 Å². The molecule has 0 aliphatic heterocycles. The van der Waals surface area contributed by atoms with Crippen molar-refractivity contribution in [1.82, 2.24) is 10.6 Å². The molecule has 0 saturated heterocycles. The van der Waals surface area contributed by atoms with Gasteiger partial charge in [-0.15, -0.1) is 11.3 Å². The van der Waals surface area contributed by atoms with E-state index in [0.29, 0.717) is 11.5 Å². The molecule has 6 nitrogen and oxygen atoms in total. The SMILES string of the molecule is CCOC(=O)CCNC(=O)CCNC(=O)c1cccs1. The molecule has 1 aromatic rings. The molecule has 0 aliphatic rings. The third-order valence-corrected chi connectivity index (χ3v) is 3.21. The fourth-order valence-corrected chi connectivity index (χ4v) is 2.05. The smallest absolute Gasteiger partial charge is 0.307 e. The minimum Gasteiger partial charge on any atom is -0.466 e. The summed E-state index contributed by atoms with van der Waals surface area (Å²) in [7, 11) is 0. The second-order valence-electron chi connectivity index (χ2n) is 3.89. The molecule has 0 aromatic carbocycles. The van der Waals surface area contributed by atoms with E-state index in [1.54, 1.807) is 19.1 Å². The summed E-state index contributed by atoms with van der Waals surface area (Å²) >= 11 is 1.35. The normalized spacial score (nSPS) is 9.85. The molecule has 1 aromatic heterocycles. The molecule has 1 rings (SSSR count). The molecule has 0 saturated carbocycles. The van der Waals surface area contributed by atoms with Crippen LogP contribution >= 0.6 is 11.3 Å². The van der Waals surface area contributed by atoms with Crippen molar-refractivity contribution in [3.63, 3.8) is 0 Å². The average molecular weight is 298 g/mol. The van der Waals surface area contributed by atoms with E-state index in [1.165, 1.54) is 11.3 Å². The number of ether oxygens (including phenoxy) is 1. The molecule has 0 spiro atoms. The molecule has 0 fully saturated rings. The highest BCUT2D eigenvalue weighted by atomic mass is 32.1. The Morgan fingerprint density at radius 2 is 1.95 bits per heavy atom. The number of hydrogen-bond acceptors (Lipinski definition) is 5. The Labute approximate surface area is 121 Å². The van der Waals surface area contributed by atoms with Crippen molar-refractivity contribution in [2.45, 2.75) is 19.8 Å². The van der Waals surface area contributed by atoms with Gasteiger partial charge in [-0.05, 0) is 18.4 Å². The summed E-state index contributed by atoms with van der Waals surface area (Å²) in [5.41, 5.74) is 0. The largest absolute Gasteiger partial charge is 0.466 e. The maximum Gasteiger partial charge on any atom is 0.307 e. The summed E-state index contributed by atoms with van der Waals surface area (Å²) in [6, 6.07) is 3.51. The van der Waals surface area contributed by atoms with Crippen molar-refractivity contribution < 1.29 is 19.1 Å². The predicted molar refractivity (Wildman–Crippen MR) is 75.5 cm³/mol. The lowest BCUT2D eigenvalue weighted by Crippen LogP contribution is -2.31. The van der Waals surface area contributed by atoms with Gasteiger partial charge in [-0.25, -0.2) is 0 Å². The first-order valence-electron chi connectivity index (χ1n) is 6.37. The van der Waals surface area contributed by atoms with Gasteiger partial charge in [0.2, 0.25) is 5.91 Å². The van der Waals surface area contributed by atoms with Crippen LogP contribution in [0, 0.1) is 0 Å². The quantitative estimate of drug-likeness (QED) is 0.699. The number of esters is 1. The van der Waals surface area contributed by atoms with Gasteiger partial charge < -0.3 is 15.4 Å². The van der Waals surface area contributed by atoms with Gasteiger partial charge in [0, 0.05) is 19.5 Å². The minimum atomic E-state index is -0.334. The lowest BCUT2D eigenvalue weighted by molar-refractivity contribution is -0.143. The van der Waals surface area contributed by atoms with Gasteiger partial charge in [0.1, 0.15) is 0 Å². The molecule has 0 bridgehead atoms. The van der Waals surface area contributed by atoms with Crippen molar-refractivity contribution >= 4 is 29.1 Å². The Bertz CT molecular complexity index is 445. The third-order valence-electron chi connectivity index (χ3n) is 2.34. The van der Waals surface area contributed by atoms with Crippen LogP contribution in [0.3, 0.4) is 0 Å². The molecule has 110 valence electrons. The topological polar surface area (TPSA) is 84.5 Å². The number of amides is 2. The molecule has 2 N–H and O–H groups in total.